The molecule has 14 heteroatoms. The molecule has 2 aliphatic rings. The number of nitrogens with two attached hydrogens (primary N) is 2. The lowest BCUT2D eigenvalue weighted by molar-refractivity contribution is -0.138. The van der Waals surface area contributed by atoms with Gasteiger partial charge in [0, 0.05) is 62.6 Å². The van der Waals surface area contributed by atoms with Gasteiger partial charge in [-0.15, -0.1) is 0 Å². The fourth-order valence-electron chi connectivity index (χ4n) is 6.28. The molecule has 4 aromatic rings. The Hall–Kier alpha value is -4.75. The number of nitrogens with zero attached hydrogens (tertiary/aromatic N) is 7. The highest BCUT2D eigenvalue weighted by atomic mass is 35.5. The molecule has 0 bridgehead atoms. The van der Waals surface area contributed by atoms with Crippen molar-refractivity contribution in [2.45, 2.75) is 45.1 Å². The van der Waals surface area contributed by atoms with Crippen LogP contribution in [0.3, 0.4) is 0 Å². The summed E-state index contributed by atoms with van der Waals surface area (Å²) >= 11 is 6.56. The highest BCUT2D eigenvalue weighted by molar-refractivity contribution is 6.34. The van der Waals surface area contributed by atoms with E-state index in [4.69, 9.17) is 23.1 Å². The number of carbonyl (C=O) groups excluding carboxylic acids is 3. The topological polar surface area (TPSA) is 170 Å². The molecule has 4 heterocycles. The predicted molar refractivity (Wildman–Crippen MR) is 179 cm³/mol. The van der Waals surface area contributed by atoms with Gasteiger partial charge in [-0.05, 0) is 62.4 Å². The van der Waals surface area contributed by atoms with E-state index in [0.717, 1.165) is 42.6 Å². The molecular formula is C33H39ClN10O3. The molecule has 5 N–H and O–H groups in total. The summed E-state index contributed by atoms with van der Waals surface area (Å²) in [5.74, 6) is 0.368. The minimum Gasteiger partial charge on any atom is -0.397 e. The van der Waals surface area contributed by atoms with Gasteiger partial charge in [0.2, 0.25) is 5.91 Å². The van der Waals surface area contributed by atoms with E-state index < -0.39 is 5.91 Å². The molecule has 3 aromatic heterocycles. The van der Waals surface area contributed by atoms with Crippen LogP contribution in [0.25, 0.3) is 17.1 Å². The van der Waals surface area contributed by atoms with E-state index in [-0.39, 0.29) is 34.6 Å². The summed E-state index contributed by atoms with van der Waals surface area (Å²) in [6, 6.07) is 8.55. The van der Waals surface area contributed by atoms with Gasteiger partial charge >= 0.3 is 0 Å². The van der Waals surface area contributed by atoms with E-state index in [2.05, 4.69) is 20.4 Å². The zero-order valence-corrected chi connectivity index (χ0v) is 27.3. The van der Waals surface area contributed by atoms with Crippen LogP contribution in [0, 0.1) is 5.92 Å². The lowest BCUT2D eigenvalue weighted by Crippen LogP contribution is -2.52. The summed E-state index contributed by atoms with van der Waals surface area (Å²) in [5, 5.41) is 7.74. The number of rotatable bonds is 7. The number of hydrogen-bond acceptors (Lipinski definition) is 8. The Labute approximate surface area is 277 Å². The molecule has 246 valence electrons. The van der Waals surface area contributed by atoms with Crippen molar-refractivity contribution in [3.63, 3.8) is 0 Å². The third-order valence-electron chi connectivity index (χ3n) is 9.06. The molecular weight excluding hydrogens is 620 g/mol. The van der Waals surface area contributed by atoms with Crippen LogP contribution in [0.15, 0.2) is 48.9 Å². The van der Waals surface area contributed by atoms with Crippen molar-refractivity contribution in [1.29, 1.82) is 0 Å². The van der Waals surface area contributed by atoms with Gasteiger partial charge in [0.05, 0.1) is 40.1 Å². The third-order valence-corrected chi connectivity index (χ3v) is 9.37. The average Bonchev–Trinajstić information content (AvgIpc) is 3.68. The van der Waals surface area contributed by atoms with Crippen LogP contribution >= 0.6 is 11.6 Å². The van der Waals surface area contributed by atoms with Crippen molar-refractivity contribution in [3.8, 4) is 17.1 Å². The molecule has 2 fully saturated rings. The Morgan fingerprint density at radius 3 is 2.36 bits per heavy atom. The van der Waals surface area contributed by atoms with Crippen molar-refractivity contribution in [2.24, 2.45) is 18.7 Å². The second kappa shape index (κ2) is 13.5. The Kier molecular flexibility index (Phi) is 9.28. The highest BCUT2D eigenvalue weighted by Crippen LogP contribution is 2.28. The standard InChI is InChI=1S/C33H39ClN10O3/c1-3-27-25(19-44(40-27)29-11-8-22(36)17-37-29)28-18-38-30(41(28)2)31(45)39-23-9-10-24(26(34)16-23)33(47)43-14-12-42(13-15-43)32(46)20-4-6-21(35)7-5-20/h8-11,16-21H,3-7,12-15,35-36H2,1-2H3,(H,39,45). The fraction of sp³-hybridized carbons (Fsp3) is 0.394. The molecule has 1 aromatic carbocycles. The first kappa shape index (κ1) is 32.2. The minimum absolute atomic E-state index is 0.0253. The number of aromatic nitrogens is 5. The minimum atomic E-state index is -0.430. The van der Waals surface area contributed by atoms with Crippen LogP contribution in [-0.2, 0) is 18.3 Å². The fourth-order valence-corrected chi connectivity index (χ4v) is 6.55. The van der Waals surface area contributed by atoms with Crippen molar-refractivity contribution < 1.29 is 14.4 Å². The number of hydrogen-bond donors (Lipinski definition) is 3. The van der Waals surface area contributed by atoms with E-state index in [1.54, 1.807) is 63.9 Å². The van der Waals surface area contributed by atoms with Crippen LogP contribution in [-0.4, -0.2) is 84.1 Å². The molecule has 0 atom stereocenters. The highest BCUT2D eigenvalue weighted by Gasteiger charge is 2.32. The molecule has 1 aliphatic heterocycles. The number of amides is 3. The predicted octanol–water partition coefficient (Wildman–Crippen LogP) is 3.52. The maximum absolute atomic E-state index is 13.3. The number of pyridine rings is 1. The van der Waals surface area contributed by atoms with Crippen LogP contribution in [0.2, 0.25) is 5.02 Å². The Bertz CT molecular complexity index is 1780. The smallest absolute Gasteiger partial charge is 0.291 e. The van der Waals surface area contributed by atoms with Gasteiger partial charge in [-0.3, -0.25) is 14.4 Å². The maximum atomic E-state index is 13.3. The molecule has 13 nitrogen and oxygen atoms in total. The molecule has 3 amide bonds. The van der Waals surface area contributed by atoms with Crippen molar-refractivity contribution in [1.82, 2.24) is 34.1 Å². The average molecular weight is 659 g/mol. The van der Waals surface area contributed by atoms with Crippen LogP contribution in [0.5, 0.6) is 0 Å². The van der Waals surface area contributed by atoms with Crippen molar-refractivity contribution >= 4 is 40.7 Å². The molecule has 6 rings (SSSR count). The van der Waals surface area contributed by atoms with Crippen LogP contribution in [0.4, 0.5) is 11.4 Å². The molecule has 1 aliphatic carbocycles. The number of halogens is 1. The molecule has 0 radical (unpaired) electrons. The first-order valence-corrected chi connectivity index (χ1v) is 16.3. The van der Waals surface area contributed by atoms with Gasteiger partial charge in [0.1, 0.15) is 0 Å². The van der Waals surface area contributed by atoms with Gasteiger partial charge in [-0.2, -0.15) is 5.10 Å². The second-order valence-electron chi connectivity index (χ2n) is 12.1. The van der Waals surface area contributed by atoms with E-state index in [9.17, 15) is 14.4 Å². The number of aryl methyl sites for hydroxylation is 1. The maximum Gasteiger partial charge on any atom is 0.291 e. The molecule has 1 saturated heterocycles. The van der Waals surface area contributed by atoms with Gasteiger partial charge in [-0.1, -0.05) is 18.5 Å². The van der Waals surface area contributed by atoms with Crippen molar-refractivity contribution in [3.05, 3.63) is 71.0 Å². The first-order chi connectivity index (χ1) is 22.6. The number of benzene rings is 1. The number of piperazine rings is 1. The summed E-state index contributed by atoms with van der Waals surface area (Å²) < 4.78 is 3.39. The molecule has 0 spiro atoms. The Morgan fingerprint density at radius 1 is 0.979 bits per heavy atom. The van der Waals surface area contributed by atoms with E-state index in [1.165, 1.54) is 0 Å². The van der Waals surface area contributed by atoms with Crippen LogP contribution < -0.4 is 16.8 Å². The lowest BCUT2D eigenvalue weighted by atomic mass is 9.85. The molecule has 1 saturated carbocycles. The first-order valence-electron chi connectivity index (χ1n) is 15.9. The van der Waals surface area contributed by atoms with Gasteiger partial charge in [0.25, 0.3) is 11.8 Å². The van der Waals surface area contributed by atoms with Crippen molar-refractivity contribution in [2.75, 3.05) is 37.2 Å². The summed E-state index contributed by atoms with van der Waals surface area (Å²) in [6.45, 7) is 3.85. The molecule has 0 unspecified atom stereocenters. The Balaban J connectivity index is 1.09. The van der Waals surface area contributed by atoms with Crippen LogP contribution in [0.1, 0.15) is 59.3 Å². The number of nitrogen functional groups attached to an aromatic ring is 1. The summed E-state index contributed by atoms with van der Waals surface area (Å²) in [6.07, 6.45) is 9.14. The van der Waals surface area contributed by atoms with Gasteiger partial charge < -0.3 is 31.2 Å². The summed E-state index contributed by atoms with van der Waals surface area (Å²) in [5.41, 5.74) is 15.5. The number of imidazole rings is 1. The van der Waals surface area contributed by atoms with E-state index >= 15 is 0 Å². The third kappa shape index (κ3) is 6.72. The normalized spacial score (nSPS) is 18.3. The summed E-state index contributed by atoms with van der Waals surface area (Å²) in [4.78, 5) is 51.9. The quantitative estimate of drug-likeness (QED) is 0.271. The van der Waals surface area contributed by atoms with E-state index in [0.29, 0.717) is 55.4 Å². The zero-order chi connectivity index (χ0) is 33.2. The van der Waals surface area contributed by atoms with Gasteiger partial charge in [0.15, 0.2) is 11.6 Å². The number of nitrogens with one attached hydrogen (secondary N) is 1. The Morgan fingerprint density at radius 2 is 1.70 bits per heavy atom. The number of anilines is 2. The SMILES string of the molecule is CCc1nn(-c2ccc(N)cn2)cc1-c1cnc(C(=O)Nc2ccc(C(=O)N3CCN(C(=O)C4CCC(N)CC4)CC3)c(Cl)c2)n1C. The van der Waals surface area contributed by atoms with Gasteiger partial charge in [-0.25, -0.2) is 14.6 Å². The lowest BCUT2D eigenvalue weighted by Gasteiger charge is -2.37. The second-order valence-corrected chi connectivity index (χ2v) is 12.5. The number of carbonyl (C=O) groups is 3. The monoisotopic (exact) mass is 658 g/mol. The molecule has 47 heavy (non-hydrogen) atoms. The zero-order valence-electron chi connectivity index (χ0n) is 26.5. The largest absolute Gasteiger partial charge is 0.397 e. The van der Waals surface area contributed by atoms with E-state index in [1.807, 2.05) is 18.0 Å². The summed E-state index contributed by atoms with van der Waals surface area (Å²) in [7, 11) is 1.77.